The van der Waals surface area contributed by atoms with Crippen LogP contribution in [0.1, 0.15) is 89.7 Å². The van der Waals surface area contributed by atoms with E-state index in [4.69, 9.17) is 14.2 Å². The van der Waals surface area contributed by atoms with Gasteiger partial charge < -0.3 is 19.1 Å². The van der Waals surface area contributed by atoms with E-state index in [1.165, 1.54) is 44.1 Å². The molecule has 1 saturated heterocycles. The molecule has 0 radical (unpaired) electrons. The maximum atomic E-state index is 6.30. The Morgan fingerprint density at radius 3 is 2.75 bits per heavy atom. The van der Waals surface area contributed by atoms with Crippen molar-refractivity contribution in [1.82, 2.24) is 4.90 Å². The van der Waals surface area contributed by atoms with Gasteiger partial charge in [0.15, 0.2) is 0 Å². The average molecular weight is 496 g/mol. The van der Waals surface area contributed by atoms with Crippen molar-refractivity contribution in [2.24, 2.45) is 17.3 Å². The third kappa shape index (κ3) is 5.28. The summed E-state index contributed by atoms with van der Waals surface area (Å²) in [7, 11) is 0. The minimum Gasteiger partial charge on any atom is -0.488 e. The molecule has 1 unspecified atom stereocenters. The molecular weight excluding hydrogens is 446 g/mol. The number of likely N-dealkylation sites (N-methyl/N-ethyl adjacent to an activating group) is 1. The van der Waals surface area contributed by atoms with Crippen LogP contribution in [0.5, 0.6) is 5.75 Å². The number of hydrogen-bond acceptors (Lipinski definition) is 4. The third-order valence-electron chi connectivity index (χ3n) is 10.2. The van der Waals surface area contributed by atoms with E-state index in [2.05, 4.69) is 50.8 Å². The van der Waals surface area contributed by atoms with Gasteiger partial charge in [-0.2, -0.15) is 0 Å². The van der Waals surface area contributed by atoms with Crippen LogP contribution in [0.4, 0.5) is 0 Å². The minimum atomic E-state index is 0.219. The van der Waals surface area contributed by atoms with Gasteiger partial charge in [-0.3, -0.25) is 0 Å². The number of rotatable bonds is 9. The number of hydrogen-bond donors (Lipinski definition) is 0. The average Bonchev–Trinajstić information content (AvgIpc) is 3.26. The lowest BCUT2D eigenvalue weighted by atomic mass is 9.55. The molecule has 3 aliphatic carbocycles. The summed E-state index contributed by atoms with van der Waals surface area (Å²) < 4.78 is 18.1. The van der Waals surface area contributed by atoms with E-state index >= 15 is 0 Å². The highest BCUT2D eigenvalue weighted by Gasteiger charge is 2.52. The molecule has 1 aromatic rings. The zero-order valence-electron chi connectivity index (χ0n) is 23.3. The second-order valence-electron chi connectivity index (χ2n) is 12.1. The highest BCUT2D eigenvalue weighted by Crippen LogP contribution is 2.63. The van der Waals surface area contributed by atoms with Crippen molar-refractivity contribution in [3.05, 3.63) is 40.5 Å². The highest BCUT2D eigenvalue weighted by molar-refractivity contribution is 5.42. The lowest BCUT2D eigenvalue weighted by molar-refractivity contribution is 0.00733. The fraction of sp³-hybridized carbons (Fsp3) is 0.750. The summed E-state index contributed by atoms with van der Waals surface area (Å²) in [4.78, 5) is 2.44. The van der Waals surface area contributed by atoms with Gasteiger partial charge in [-0.25, -0.2) is 0 Å². The zero-order chi connectivity index (χ0) is 25.1. The summed E-state index contributed by atoms with van der Waals surface area (Å²) in [5.41, 5.74) is 6.78. The van der Waals surface area contributed by atoms with Gasteiger partial charge in [-0.1, -0.05) is 32.4 Å². The molecule has 4 nitrogen and oxygen atoms in total. The predicted molar refractivity (Wildman–Crippen MR) is 147 cm³/mol. The topological polar surface area (TPSA) is 30.9 Å². The number of ether oxygens (including phenoxy) is 3. The van der Waals surface area contributed by atoms with E-state index < -0.39 is 0 Å². The first-order valence-corrected chi connectivity index (χ1v) is 14.9. The molecule has 0 amide bonds. The molecule has 1 heterocycles. The second kappa shape index (κ2) is 11.6. The van der Waals surface area contributed by atoms with Crippen LogP contribution in [0.25, 0.3) is 0 Å². The van der Waals surface area contributed by atoms with Crippen LogP contribution < -0.4 is 4.74 Å². The van der Waals surface area contributed by atoms with Gasteiger partial charge >= 0.3 is 0 Å². The Morgan fingerprint density at radius 1 is 1.11 bits per heavy atom. The SMILES string of the molecule is CCN(CC)CCOCC(C)=C1CC[C@H]2[C@@H]3CCc4cc(OC5CCCOC5)ccc4[C@H]3CC[C@]12C. The zero-order valence-corrected chi connectivity index (χ0v) is 23.3. The summed E-state index contributed by atoms with van der Waals surface area (Å²) in [6, 6.07) is 7.01. The second-order valence-corrected chi connectivity index (χ2v) is 12.1. The molecule has 4 heteroatoms. The molecular formula is C32H49NO3. The monoisotopic (exact) mass is 495 g/mol. The Hall–Kier alpha value is -1.36. The van der Waals surface area contributed by atoms with Crippen molar-refractivity contribution in [3.63, 3.8) is 0 Å². The van der Waals surface area contributed by atoms with E-state index in [1.54, 1.807) is 16.7 Å². The van der Waals surface area contributed by atoms with Crippen molar-refractivity contribution in [2.75, 3.05) is 46.1 Å². The van der Waals surface area contributed by atoms with Gasteiger partial charge in [-0.05, 0) is 123 Å². The summed E-state index contributed by atoms with van der Waals surface area (Å²) in [5.74, 6) is 3.42. The van der Waals surface area contributed by atoms with Crippen molar-refractivity contribution < 1.29 is 14.2 Å². The first kappa shape index (κ1) is 26.3. The molecule has 1 aromatic carbocycles. The maximum Gasteiger partial charge on any atom is 0.122 e. The van der Waals surface area contributed by atoms with Crippen LogP contribution in [0.3, 0.4) is 0 Å². The molecule has 3 fully saturated rings. The molecule has 4 aliphatic rings. The Labute approximate surface area is 219 Å². The van der Waals surface area contributed by atoms with Crippen LogP contribution in [-0.4, -0.2) is 57.1 Å². The van der Waals surface area contributed by atoms with Crippen molar-refractivity contribution >= 4 is 0 Å². The van der Waals surface area contributed by atoms with Gasteiger partial charge in [0.2, 0.25) is 0 Å². The smallest absolute Gasteiger partial charge is 0.122 e. The Morgan fingerprint density at radius 2 is 1.97 bits per heavy atom. The predicted octanol–water partition coefficient (Wildman–Crippen LogP) is 6.78. The Kier molecular flexibility index (Phi) is 8.44. The minimum absolute atomic E-state index is 0.219. The Balaban J connectivity index is 1.23. The van der Waals surface area contributed by atoms with Gasteiger partial charge in [0.05, 0.1) is 19.8 Å². The van der Waals surface area contributed by atoms with E-state index in [0.29, 0.717) is 5.41 Å². The van der Waals surface area contributed by atoms with Gasteiger partial charge in [0.25, 0.3) is 0 Å². The fourth-order valence-corrected chi connectivity index (χ4v) is 8.19. The number of nitrogens with zero attached hydrogens (tertiary/aromatic N) is 1. The van der Waals surface area contributed by atoms with E-state index in [9.17, 15) is 0 Å². The van der Waals surface area contributed by atoms with Crippen LogP contribution in [0.2, 0.25) is 0 Å². The number of fused-ring (bicyclic) bond motifs is 5. The Bertz CT molecular complexity index is 916. The lowest BCUT2D eigenvalue weighted by Crippen LogP contribution is -2.40. The largest absolute Gasteiger partial charge is 0.488 e. The van der Waals surface area contributed by atoms with E-state index in [0.717, 1.165) is 82.4 Å². The molecule has 1 aliphatic heterocycles. The van der Waals surface area contributed by atoms with Crippen molar-refractivity contribution in [2.45, 2.75) is 91.1 Å². The van der Waals surface area contributed by atoms with E-state index in [1.807, 2.05) is 0 Å². The van der Waals surface area contributed by atoms with E-state index in [-0.39, 0.29) is 6.10 Å². The normalized spacial score (nSPS) is 33.1. The first-order chi connectivity index (χ1) is 17.5. The fourth-order valence-electron chi connectivity index (χ4n) is 8.19. The molecule has 0 bridgehead atoms. The van der Waals surface area contributed by atoms with Gasteiger partial charge in [0, 0.05) is 13.2 Å². The third-order valence-corrected chi connectivity index (χ3v) is 10.2. The molecule has 5 rings (SSSR count). The maximum absolute atomic E-state index is 6.30. The molecule has 200 valence electrons. The highest BCUT2D eigenvalue weighted by atomic mass is 16.5. The van der Waals surface area contributed by atoms with Crippen molar-refractivity contribution in [3.8, 4) is 5.75 Å². The van der Waals surface area contributed by atoms with Gasteiger partial charge in [-0.15, -0.1) is 0 Å². The quantitative estimate of drug-likeness (QED) is 0.279. The van der Waals surface area contributed by atoms with Crippen LogP contribution in [0.15, 0.2) is 29.3 Å². The van der Waals surface area contributed by atoms with Crippen LogP contribution >= 0.6 is 0 Å². The molecule has 0 aromatic heterocycles. The molecule has 0 N–H and O–H groups in total. The number of benzene rings is 1. The lowest BCUT2D eigenvalue weighted by Gasteiger charge is -2.50. The molecule has 0 spiro atoms. The van der Waals surface area contributed by atoms with Gasteiger partial charge in [0.1, 0.15) is 11.9 Å². The first-order valence-electron chi connectivity index (χ1n) is 14.9. The molecule has 5 atom stereocenters. The standard InChI is InChI=1S/C32H49NO3/c1-5-33(6-2)17-19-35-21-23(3)30-13-14-31-29-11-9-24-20-25(36-26-8-7-18-34-22-26)10-12-27(24)28(29)15-16-32(30,31)4/h10,12,20,26,28-29,31H,5-9,11,13-19,21-22H2,1-4H3/t26?,28-,29-,31+,32-/m1/s1. The summed E-state index contributed by atoms with van der Waals surface area (Å²) in [5, 5.41) is 0. The molecule has 36 heavy (non-hydrogen) atoms. The number of allylic oxidation sites excluding steroid dienone is 1. The molecule has 2 saturated carbocycles. The summed E-state index contributed by atoms with van der Waals surface area (Å²) >= 11 is 0. The summed E-state index contributed by atoms with van der Waals surface area (Å²) in [6.07, 6.45) is 10.3. The van der Waals surface area contributed by atoms with Crippen molar-refractivity contribution in [1.29, 1.82) is 0 Å². The number of aryl methyl sites for hydroxylation is 1. The van der Waals surface area contributed by atoms with Crippen LogP contribution in [0, 0.1) is 17.3 Å². The summed E-state index contributed by atoms with van der Waals surface area (Å²) in [6.45, 7) is 15.9. The van der Waals surface area contributed by atoms with Crippen LogP contribution in [-0.2, 0) is 15.9 Å².